The van der Waals surface area contributed by atoms with Crippen molar-refractivity contribution in [3.63, 3.8) is 0 Å². The molecule has 0 atom stereocenters. The maximum atomic E-state index is 12.7. The highest BCUT2D eigenvalue weighted by atomic mass is 32.2. The first-order valence-electron chi connectivity index (χ1n) is 8.56. The van der Waals surface area contributed by atoms with Crippen molar-refractivity contribution < 1.29 is 17.7 Å². The van der Waals surface area contributed by atoms with E-state index in [1.807, 2.05) is 11.4 Å². The minimum absolute atomic E-state index is 0.0635. The molecule has 4 rings (SSSR count). The molecule has 0 bridgehead atoms. The number of rotatable bonds is 5. The van der Waals surface area contributed by atoms with Crippen molar-refractivity contribution in [3.8, 4) is 28.0 Å². The second kappa shape index (κ2) is 8.37. The molecule has 0 radical (unpaired) electrons. The van der Waals surface area contributed by atoms with E-state index < -0.39 is 17.6 Å². The van der Waals surface area contributed by atoms with Crippen LogP contribution in [-0.2, 0) is 11.9 Å². The molecule has 0 unspecified atom stereocenters. The maximum Gasteiger partial charge on any atom is 0.471 e. The molecule has 0 fully saturated rings. The molecule has 0 spiro atoms. The summed E-state index contributed by atoms with van der Waals surface area (Å²) in [7, 11) is 0. The highest BCUT2D eigenvalue weighted by Gasteiger charge is 2.38. The maximum absolute atomic E-state index is 12.7. The first-order valence-corrected chi connectivity index (χ1v) is 10.4. The summed E-state index contributed by atoms with van der Waals surface area (Å²) in [5.74, 6) is -1.23. The quantitative estimate of drug-likeness (QED) is 0.338. The van der Waals surface area contributed by atoms with Gasteiger partial charge in [-0.05, 0) is 23.1 Å². The van der Waals surface area contributed by atoms with Crippen LogP contribution in [0.3, 0.4) is 0 Å². The van der Waals surface area contributed by atoms with Crippen molar-refractivity contribution in [2.45, 2.75) is 17.1 Å². The van der Waals surface area contributed by atoms with Gasteiger partial charge in [-0.15, -0.1) is 11.3 Å². The van der Waals surface area contributed by atoms with Crippen LogP contribution in [0.15, 0.2) is 56.3 Å². The third kappa shape index (κ3) is 4.52. The Kier molecular flexibility index (Phi) is 5.62. The Balaban J connectivity index is 1.57. The van der Waals surface area contributed by atoms with Gasteiger partial charge in [-0.25, -0.2) is 4.98 Å². The number of hydrogen-bond acceptors (Lipinski definition) is 8. The lowest BCUT2D eigenvalue weighted by Gasteiger charge is -2.06. The van der Waals surface area contributed by atoms with Crippen LogP contribution in [0.25, 0.3) is 22.0 Å². The van der Waals surface area contributed by atoms with Crippen LogP contribution in [0.1, 0.15) is 17.0 Å². The van der Waals surface area contributed by atoms with E-state index in [1.165, 1.54) is 23.1 Å². The van der Waals surface area contributed by atoms with Crippen molar-refractivity contribution in [3.05, 3.63) is 69.1 Å². The molecule has 12 heteroatoms. The van der Waals surface area contributed by atoms with Crippen molar-refractivity contribution in [1.29, 1.82) is 5.26 Å². The number of nitrogens with one attached hydrogen (secondary N) is 1. The Hall–Kier alpha value is -3.43. The first kappa shape index (κ1) is 20.8. The smallest absolute Gasteiger partial charge is 0.329 e. The highest BCUT2D eigenvalue weighted by molar-refractivity contribution is 7.98. The van der Waals surface area contributed by atoms with Crippen LogP contribution in [0.4, 0.5) is 13.2 Å². The highest BCUT2D eigenvalue weighted by Crippen LogP contribution is 2.30. The van der Waals surface area contributed by atoms with Crippen LogP contribution in [-0.4, -0.2) is 20.1 Å². The summed E-state index contributed by atoms with van der Waals surface area (Å²) >= 11 is 2.58. The number of aromatic nitrogens is 4. The zero-order chi connectivity index (χ0) is 22.0. The molecule has 0 saturated carbocycles. The third-order valence-electron chi connectivity index (χ3n) is 3.99. The molecule has 4 aromatic rings. The van der Waals surface area contributed by atoms with Crippen LogP contribution in [0.5, 0.6) is 0 Å². The fourth-order valence-electron chi connectivity index (χ4n) is 2.62. The van der Waals surface area contributed by atoms with E-state index in [4.69, 9.17) is 0 Å². The summed E-state index contributed by atoms with van der Waals surface area (Å²) in [6.07, 6.45) is -4.72. The Morgan fingerprint density at radius 1 is 1.23 bits per heavy atom. The molecule has 156 valence electrons. The molecule has 1 N–H and O–H groups in total. The van der Waals surface area contributed by atoms with Gasteiger partial charge in [0.05, 0.1) is 4.88 Å². The number of H-pyrrole nitrogens is 1. The normalized spacial score (nSPS) is 11.4. The standard InChI is InChI=1S/C19H10F3N5O2S2/c20-19(21,22)17-25-15(27-29-17)11-4-1-3-10(7-11)9-31-18-24-14(13-5-2-6-30-13)12(8-23)16(28)26-18/h1-7H,9H2,(H,24,26,28). The molecule has 0 aliphatic carbocycles. The van der Waals surface area contributed by atoms with Crippen molar-refractivity contribution in [2.24, 2.45) is 0 Å². The average Bonchev–Trinajstić information content (AvgIpc) is 3.44. The zero-order valence-electron chi connectivity index (χ0n) is 15.3. The Morgan fingerprint density at radius 3 is 2.74 bits per heavy atom. The SMILES string of the molecule is N#Cc1c(-c2cccs2)nc(SCc2cccc(-c3noc(C(F)(F)F)n3)c2)[nH]c1=O. The molecule has 0 aliphatic heterocycles. The van der Waals surface area contributed by atoms with Gasteiger partial charge in [-0.3, -0.25) is 4.79 Å². The Morgan fingerprint density at radius 2 is 2.06 bits per heavy atom. The van der Waals surface area contributed by atoms with Gasteiger partial charge in [0.15, 0.2) is 5.16 Å². The van der Waals surface area contributed by atoms with Crippen molar-refractivity contribution >= 4 is 23.1 Å². The molecule has 0 saturated heterocycles. The largest absolute Gasteiger partial charge is 0.471 e. The molecule has 7 nitrogen and oxygen atoms in total. The summed E-state index contributed by atoms with van der Waals surface area (Å²) in [6, 6.07) is 12.1. The summed E-state index contributed by atoms with van der Waals surface area (Å²) in [5.41, 5.74) is 0.808. The third-order valence-corrected chi connectivity index (χ3v) is 5.81. The van der Waals surface area contributed by atoms with E-state index >= 15 is 0 Å². The second-order valence-electron chi connectivity index (χ2n) is 6.09. The zero-order valence-corrected chi connectivity index (χ0v) is 16.9. The van der Waals surface area contributed by atoms with Gasteiger partial charge in [0.25, 0.3) is 5.56 Å². The van der Waals surface area contributed by atoms with E-state index in [0.717, 1.165) is 5.56 Å². The van der Waals surface area contributed by atoms with Gasteiger partial charge in [0.2, 0.25) is 5.82 Å². The minimum Gasteiger partial charge on any atom is -0.329 e. The van der Waals surface area contributed by atoms with Crippen LogP contribution < -0.4 is 5.56 Å². The van der Waals surface area contributed by atoms with Gasteiger partial charge in [0.1, 0.15) is 17.3 Å². The summed E-state index contributed by atoms with van der Waals surface area (Å²) in [6.45, 7) is 0. The summed E-state index contributed by atoms with van der Waals surface area (Å²) in [5, 5.41) is 14.8. The van der Waals surface area contributed by atoms with E-state index in [0.29, 0.717) is 27.0 Å². The predicted molar refractivity (Wildman–Crippen MR) is 107 cm³/mol. The Bertz CT molecular complexity index is 1320. The van der Waals surface area contributed by atoms with Gasteiger partial charge >= 0.3 is 12.1 Å². The average molecular weight is 461 g/mol. The fraction of sp³-hybridized carbons (Fsp3) is 0.105. The van der Waals surface area contributed by atoms with Gasteiger partial charge in [-0.2, -0.15) is 23.4 Å². The lowest BCUT2D eigenvalue weighted by atomic mass is 10.1. The number of aromatic amines is 1. The number of thiophene rings is 1. The van der Waals surface area contributed by atoms with Crippen LogP contribution in [0.2, 0.25) is 0 Å². The topological polar surface area (TPSA) is 108 Å². The number of thioether (sulfide) groups is 1. The van der Waals surface area contributed by atoms with E-state index in [9.17, 15) is 23.2 Å². The van der Waals surface area contributed by atoms with E-state index in [-0.39, 0.29) is 11.4 Å². The van der Waals surface area contributed by atoms with E-state index in [2.05, 4.69) is 24.6 Å². The van der Waals surface area contributed by atoms with Crippen molar-refractivity contribution in [2.75, 3.05) is 0 Å². The molecule has 0 aliphatic rings. The fourth-order valence-corrected chi connectivity index (χ4v) is 4.15. The second-order valence-corrected chi connectivity index (χ2v) is 8.01. The monoisotopic (exact) mass is 461 g/mol. The number of benzene rings is 1. The number of hydrogen-bond donors (Lipinski definition) is 1. The van der Waals surface area contributed by atoms with Crippen LogP contribution in [0, 0.1) is 11.3 Å². The van der Waals surface area contributed by atoms with Gasteiger partial charge in [-0.1, -0.05) is 41.2 Å². The number of nitriles is 1. The molecular formula is C19H10F3N5O2S2. The number of nitrogens with zero attached hydrogens (tertiary/aromatic N) is 4. The van der Waals surface area contributed by atoms with Crippen LogP contribution >= 0.6 is 23.1 Å². The van der Waals surface area contributed by atoms with Gasteiger partial charge < -0.3 is 9.51 Å². The summed E-state index contributed by atoms with van der Waals surface area (Å²) < 4.78 is 42.3. The van der Waals surface area contributed by atoms with E-state index in [1.54, 1.807) is 36.4 Å². The molecular weight excluding hydrogens is 451 g/mol. The molecule has 1 aromatic carbocycles. The predicted octanol–water partition coefficient (Wildman–Crippen LogP) is 4.73. The molecule has 0 amide bonds. The minimum atomic E-state index is -4.72. The Labute approximate surface area is 180 Å². The number of alkyl halides is 3. The molecule has 31 heavy (non-hydrogen) atoms. The lowest BCUT2D eigenvalue weighted by Crippen LogP contribution is -2.14. The van der Waals surface area contributed by atoms with Gasteiger partial charge in [0, 0.05) is 11.3 Å². The number of halogens is 3. The van der Waals surface area contributed by atoms with Crippen molar-refractivity contribution in [1.82, 2.24) is 20.1 Å². The lowest BCUT2D eigenvalue weighted by molar-refractivity contribution is -0.159. The molecule has 3 aromatic heterocycles. The first-order chi connectivity index (χ1) is 14.8. The summed E-state index contributed by atoms with van der Waals surface area (Å²) in [4.78, 5) is 23.3. The molecule has 3 heterocycles.